The Balaban J connectivity index is 0.00000230. The first-order valence-electron chi connectivity index (χ1n) is 14.7. The Bertz CT molecular complexity index is 1920. The van der Waals surface area contributed by atoms with Gasteiger partial charge in [-0.05, 0) is 51.0 Å². The van der Waals surface area contributed by atoms with Gasteiger partial charge in [0.15, 0.2) is 5.78 Å². The first kappa shape index (κ1) is 34.1. The van der Waals surface area contributed by atoms with E-state index in [2.05, 4.69) is 27.4 Å². The molecule has 0 amide bonds. The second-order valence-corrected chi connectivity index (χ2v) is 11.5. The number of fused-ring (bicyclic) bond motifs is 7. The second kappa shape index (κ2) is 12.9. The molecule has 3 aromatic heterocycles. The van der Waals surface area contributed by atoms with E-state index in [-0.39, 0.29) is 48.1 Å². The monoisotopic (exact) mass is 614 g/mol. The number of carbonyl (C=O) groups excluding carboxylic acids is 3. The Hall–Kier alpha value is -3.82. The number of hydrogen-bond donors (Lipinski definition) is 0. The molecule has 1 aliphatic carbocycles. The molecule has 9 heteroatoms. The largest absolute Gasteiger partial charge is 2.00 e. The number of Topliss-reactive ketones (excluding diaryl/α,β-unsaturated/α-hetero) is 1. The number of ether oxygens (including phenoxy) is 1. The number of methoxy groups -OCH3 is 1. The van der Waals surface area contributed by atoms with Crippen LogP contribution in [0.3, 0.4) is 0 Å². The summed E-state index contributed by atoms with van der Waals surface area (Å²) < 4.78 is 5.13. The van der Waals surface area contributed by atoms with Crippen LogP contribution in [-0.2, 0) is 20.7 Å². The van der Waals surface area contributed by atoms with Gasteiger partial charge in [0.05, 0.1) is 7.11 Å². The standard InChI is InChI=1S/C35H35N4O4.CH4.Mg/c1-8-20-16(3)23-13-25-18(5)22(11-10-12-40)32(38-25)30-31(35(42)43-7)34(41)29-19(6)26(39-33(29)30)15-28-21(9-2)17(4)24(37-28)14-27(20)36-23;;/h8,12-15,18,22,31H,1,9-11H2,2-7H3,(H-,38,39,41);1H4;/q-3;;+2/p-1/b24-14-,25-13-,28-15-;;/t18-,22-,31+;;/m0../s1. The molecule has 0 unspecified atom stereocenters. The van der Waals surface area contributed by atoms with Crippen molar-refractivity contribution < 1.29 is 19.1 Å². The quantitative estimate of drug-likeness (QED) is 0.176. The molecule has 0 spiro atoms. The Labute approximate surface area is 280 Å². The van der Waals surface area contributed by atoms with Gasteiger partial charge in [0, 0.05) is 12.0 Å². The first-order chi connectivity index (χ1) is 20.6. The van der Waals surface area contributed by atoms with Crippen molar-refractivity contribution in [1.29, 1.82) is 0 Å². The molecule has 3 aliphatic rings. The zero-order valence-electron chi connectivity index (χ0n) is 26.1. The summed E-state index contributed by atoms with van der Waals surface area (Å²) in [6, 6.07) is 0. The van der Waals surface area contributed by atoms with Crippen LogP contribution >= 0.6 is 0 Å². The Morgan fingerprint density at radius 1 is 1.00 bits per heavy atom. The minimum atomic E-state index is -1.16. The Morgan fingerprint density at radius 3 is 2.33 bits per heavy atom. The van der Waals surface area contributed by atoms with Crippen LogP contribution in [0.5, 0.6) is 0 Å². The zero-order valence-corrected chi connectivity index (χ0v) is 27.5. The number of esters is 1. The van der Waals surface area contributed by atoms with Gasteiger partial charge in [-0.1, -0.05) is 80.0 Å². The second-order valence-electron chi connectivity index (χ2n) is 11.5. The van der Waals surface area contributed by atoms with Crippen molar-refractivity contribution in [2.45, 2.75) is 61.3 Å². The molecule has 5 heterocycles. The normalized spacial score (nSPS) is 23.7. The number of nitrogens with zero attached hydrogens (tertiary/aromatic N) is 4. The van der Waals surface area contributed by atoms with Crippen LogP contribution in [0.2, 0.25) is 0 Å². The third kappa shape index (κ3) is 5.19. The van der Waals surface area contributed by atoms with Gasteiger partial charge in [-0.15, -0.1) is 33.5 Å². The zero-order chi connectivity index (χ0) is 30.7. The summed E-state index contributed by atoms with van der Waals surface area (Å²) in [5, 5.41) is 6.71. The molecule has 3 atom stereocenters. The summed E-state index contributed by atoms with van der Waals surface area (Å²) in [7, 11) is 1.28. The van der Waals surface area contributed by atoms with Gasteiger partial charge in [0.25, 0.3) is 0 Å². The van der Waals surface area contributed by atoms with Gasteiger partial charge in [-0.2, -0.15) is 11.4 Å². The summed E-state index contributed by atoms with van der Waals surface area (Å²) in [4.78, 5) is 53.6. The number of aldehydes is 1. The van der Waals surface area contributed by atoms with Crippen molar-refractivity contribution >= 4 is 71.0 Å². The fourth-order valence-electron chi connectivity index (χ4n) is 6.90. The number of aromatic nitrogens is 3. The van der Waals surface area contributed by atoms with Crippen LogP contribution in [-0.4, -0.2) is 48.2 Å². The number of hydrogen-bond acceptors (Lipinski definition) is 4. The van der Waals surface area contributed by atoms with Crippen molar-refractivity contribution in [3.63, 3.8) is 0 Å². The first-order valence-corrected chi connectivity index (χ1v) is 14.7. The smallest absolute Gasteiger partial charge is 0.664 e. The third-order valence-corrected chi connectivity index (χ3v) is 9.34. The minimum Gasteiger partial charge on any atom is -0.664 e. The average Bonchev–Trinajstić information content (AvgIpc) is 3.72. The SMILES string of the molecule is C.C=Cc1c2[n-]c(c1C)/C=C1\[N-]/C(=C3\c4[n-]c(c(C)c4C(=O)[C@@H]3C(=O)OC)/C=c3\[n-]/c(c(C)c3CC)=C\2)[C@@H](CCC=O)[C@@H]1C.[Mg+2]. The van der Waals surface area contributed by atoms with Crippen LogP contribution in [0.4, 0.5) is 0 Å². The molecule has 0 radical (unpaired) electrons. The van der Waals surface area contributed by atoms with Gasteiger partial charge in [-0.3, -0.25) is 9.59 Å². The minimum absolute atomic E-state index is 0. The molecule has 45 heavy (non-hydrogen) atoms. The van der Waals surface area contributed by atoms with Gasteiger partial charge >= 0.3 is 29.0 Å². The average molecular weight is 615 g/mol. The summed E-state index contributed by atoms with van der Waals surface area (Å²) >= 11 is 0. The molecule has 3 aromatic rings. The molecule has 8 bridgehead atoms. The van der Waals surface area contributed by atoms with Crippen molar-refractivity contribution in [3.8, 4) is 0 Å². The van der Waals surface area contributed by atoms with E-state index in [0.717, 1.165) is 62.7 Å². The van der Waals surface area contributed by atoms with Crippen molar-refractivity contribution in [1.82, 2.24) is 15.0 Å². The molecule has 0 saturated carbocycles. The van der Waals surface area contributed by atoms with Crippen LogP contribution in [0.15, 0.2) is 18.0 Å². The fraction of sp³-hybridized carbons (Fsp3) is 0.361. The molecular weight excluding hydrogens is 577 g/mol. The van der Waals surface area contributed by atoms with E-state index in [1.807, 2.05) is 38.2 Å². The van der Waals surface area contributed by atoms with E-state index < -0.39 is 11.9 Å². The van der Waals surface area contributed by atoms with Crippen molar-refractivity contribution in [2.24, 2.45) is 17.8 Å². The molecule has 0 aromatic carbocycles. The maximum Gasteiger partial charge on any atom is 2.00 e. The van der Waals surface area contributed by atoms with Gasteiger partial charge in [0.2, 0.25) is 0 Å². The predicted octanol–water partition coefficient (Wildman–Crippen LogP) is 4.27. The number of rotatable bonds is 6. The summed E-state index contributed by atoms with van der Waals surface area (Å²) in [6.45, 7) is 14.1. The predicted molar refractivity (Wildman–Crippen MR) is 178 cm³/mol. The topological polar surface area (TPSA) is 117 Å². The van der Waals surface area contributed by atoms with E-state index in [1.54, 1.807) is 0 Å². The maximum absolute atomic E-state index is 14.0. The van der Waals surface area contributed by atoms with Gasteiger partial charge in [-0.25, -0.2) is 0 Å². The van der Waals surface area contributed by atoms with E-state index in [1.165, 1.54) is 7.11 Å². The van der Waals surface area contributed by atoms with E-state index in [9.17, 15) is 14.4 Å². The van der Waals surface area contributed by atoms with Crippen LogP contribution in [0.1, 0.15) is 95.1 Å². The third-order valence-electron chi connectivity index (χ3n) is 9.34. The maximum atomic E-state index is 14.0. The van der Waals surface area contributed by atoms with Crippen LogP contribution in [0, 0.1) is 38.5 Å². The molecule has 1 saturated heterocycles. The van der Waals surface area contributed by atoms with Crippen LogP contribution < -0.4 is 25.7 Å². The summed E-state index contributed by atoms with van der Waals surface area (Å²) in [5.74, 6) is -2.44. The number of carbonyl (C=O) groups is 3. The summed E-state index contributed by atoms with van der Waals surface area (Å²) in [6.07, 6.45) is 10.2. The van der Waals surface area contributed by atoms with Crippen molar-refractivity contribution in [2.75, 3.05) is 7.11 Å². The van der Waals surface area contributed by atoms with Gasteiger partial charge in [0.1, 0.15) is 12.2 Å². The van der Waals surface area contributed by atoms with Crippen LogP contribution in [0.25, 0.3) is 35.2 Å². The molecule has 0 N–H and O–H groups in total. The molecule has 230 valence electrons. The van der Waals surface area contributed by atoms with E-state index in [0.29, 0.717) is 46.6 Å². The molecule has 8 nitrogen and oxygen atoms in total. The fourth-order valence-corrected chi connectivity index (χ4v) is 6.90. The molecule has 6 rings (SSSR count). The van der Waals surface area contributed by atoms with Crippen molar-refractivity contribution in [3.05, 3.63) is 90.1 Å². The number of allylic oxidation sites excluding steroid dienone is 2. The van der Waals surface area contributed by atoms with Gasteiger partial charge < -0.3 is 29.8 Å². The summed E-state index contributed by atoms with van der Waals surface area (Å²) in [5.41, 5.74) is 9.68. The molecule has 1 fully saturated rings. The molecule has 2 aliphatic heterocycles. The van der Waals surface area contributed by atoms with E-state index in [4.69, 9.17) is 25.0 Å². The Morgan fingerprint density at radius 2 is 1.69 bits per heavy atom. The Kier molecular flexibility index (Phi) is 9.75. The number of ketones is 1. The van der Waals surface area contributed by atoms with E-state index >= 15 is 0 Å². The molecular formula is C36H38MgN4O4-2.